The van der Waals surface area contributed by atoms with Crippen LogP contribution in [0.3, 0.4) is 0 Å². The van der Waals surface area contributed by atoms with Gasteiger partial charge in [-0.2, -0.15) is 0 Å². The Hall–Kier alpha value is -3.93. The zero-order valence-corrected chi connectivity index (χ0v) is 20.6. The number of aryl methyl sites for hydroxylation is 2. The third-order valence-corrected chi connectivity index (χ3v) is 4.56. The van der Waals surface area contributed by atoms with E-state index in [1.54, 1.807) is 43.5 Å². The second-order valence-corrected chi connectivity index (χ2v) is 7.23. The maximum absolute atomic E-state index is 11.0. The minimum Gasteiger partial charge on any atom is -0.497 e. The monoisotopic (exact) mass is 464 g/mol. The highest BCUT2D eigenvalue weighted by Gasteiger charge is 2.05. The molecule has 0 aliphatic carbocycles. The number of Topliss-reactive ketones (excluding diaryl/α,β-unsaturated/α-hetero) is 1. The van der Waals surface area contributed by atoms with E-state index in [4.69, 9.17) is 9.47 Å². The Morgan fingerprint density at radius 2 is 1.21 bits per heavy atom. The van der Waals surface area contributed by atoms with Gasteiger partial charge in [0, 0.05) is 12.5 Å². The van der Waals surface area contributed by atoms with Crippen molar-refractivity contribution in [1.29, 1.82) is 0 Å². The molecule has 0 saturated carbocycles. The second kappa shape index (κ2) is 15.0. The van der Waals surface area contributed by atoms with Gasteiger partial charge in [0.05, 0.1) is 19.8 Å². The normalized spacial score (nSPS) is 9.35. The van der Waals surface area contributed by atoms with Crippen LogP contribution in [-0.4, -0.2) is 31.9 Å². The van der Waals surface area contributed by atoms with Crippen LogP contribution >= 0.6 is 0 Å². The number of esters is 2. The summed E-state index contributed by atoms with van der Waals surface area (Å²) in [6.07, 6.45) is 1.09. The molecule has 3 aromatic rings. The van der Waals surface area contributed by atoms with E-state index in [0.29, 0.717) is 16.9 Å². The molecule has 0 atom stereocenters. The summed E-state index contributed by atoms with van der Waals surface area (Å²) < 4.78 is 14.4. The van der Waals surface area contributed by atoms with E-state index in [-0.39, 0.29) is 11.8 Å². The number of hydrogen-bond donors (Lipinski definition) is 0. The number of ketones is 1. The van der Waals surface area contributed by atoms with E-state index < -0.39 is 5.97 Å². The average Bonchev–Trinajstić information content (AvgIpc) is 2.85. The average molecular weight is 465 g/mol. The molecule has 0 aliphatic heterocycles. The van der Waals surface area contributed by atoms with E-state index >= 15 is 0 Å². The molecule has 0 unspecified atom stereocenters. The summed E-state index contributed by atoms with van der Waals surface area (Å²) in [6, 6.07) is 21.8. The fourth-order valence-electron chi connectivity index (χ4n) is 2.59. The summed E-state index contributed by atoms with van der Waals surface area (Å²) >= 11 is 0. The molecule has 3 rings (SSSR count). The van der Waals surface area contributed by atoms with Crippen molar-refractivity contribution >= 4 is 17.7 Å². The van der Waals surface area contributed by atoms with Crippen molar-refractivity contribution in [2.45, 2.75) is 34.1 Å². The first-order valence-corrected chi connectivity index (χ1v) is 10.8. The van der Waals surface area contributed by atoms with Crippen LogP contribution in [0.25, 0.3) is 0 Å². The Balaban J connectivity index is 0.000000257. The van der Waals surface area contributed by atoms with E-state index in [1.807, 2.05) is 31.2 Å². The molecule has 0 saturated heterocycles. The molecule has 0 spiro atoms. The summed E-state index contributed by atoms with van der Waals surface area (Å²) in [5.74, 6) is 0.834. The maximum Gasteiger partial charge on any atom is 0.337 e. The van der Waals surface area contributed by atoms with Crippen LogP contribution in [0, 0.1) is 6.92 Å². The highest BCUT2D eigenvalue weighted by molar-refractivity contribution is 5.96. The lowest BCUT2D eigenvalue weighted by molar-refractivity contribution is -0.131. The number of benzene rings is 3. The van der Waals surface area contributed by atoms with Gasteiger partial charge in [0.15, 0.2) is 5.78 Å². The van der Waals surface area contributed by atoms with E-state index in [1.165, 1.54) is 26.5 Å². The minimum absolute atomic E-state index is 0.0172. The third kappa shape index (κ3) is 10.6. The third-order valence-electron chi connectivity index (χ3n) is 4.56. The maximum atomic E-state index is 11.0. The van der Waals surface area contributed by atoms with Gasteiger partial charge in [-0.3, -0.25) is 9.59 Å². The van der Waals surface area contributed by atoms with Crippen molar-refractivity contribution in [1.82, 2.24) is 0 Å². The predicted molar refractivity (Wildman–Crippen MR) is 133 cm³/mol. The van der Waals surface area contributed by atoms with Gasteiger partial charge in [-0.1, -0.05) is 48.9 Å². The Bertz CT molecular complexity index is 1010. The molecule has 0 N–H and O–H groups in total. The molecule has 6 heteroatoms. The molecule has 180 valence electrons. The molecule has 0 amide bonds. The lowest BCUT2D eigenvalue weighted by Crippen LogP contribution is -2.01. The van der Waals surface area contributed by atoms with Crippen molar-refractivity contribution in [2.75, 3.05) is 14.2 Å². The Labute approximate surface area is 201 Å². The number of rotatable bonds is 5. The summed E-state index contributed by atoms with van der Waals surface area (Å²) in [7, 11) is 3.00. The molecular formula is C28H32O6. The molecule has 0 aliphatic rings. The first-order chi connectivity index (χ1) is 16.2. The van der Waals surface area contributed by atoms with E-state index in [2.05, 4.69) is 23.8 Å². The van der Waals surface area contributed by atoms with E-state index in [9.17, 15) is 14.4 Å². The van der Waals surface area contributed by atoms with Crippen molar-refractivity contribution < 1.29 is 28.6 Å². The van der Waals surface area contributed by atoms with Gasteiger partial charge in [0.1, 0.15) is 11.5 Å². The minimum atomic E-state index is -0.393. The number of methoxy groups -OCH3 is 2. The van der Waals surface area contributed by atoms with Gasteiger partial charge in [-0.15, -0.1) is 0 Å². The molecule has 0 bridgehead atoms. The highest BCUT2D eigenvalue weighted by Crippen LogP contribution is 2.12. The Morgan fingerprint density at radius 1 is 0.706 bits per heavy atom. The summed E-state index contributed by atoms with van der Waals surface area (Å²) in [6.45, 7) is 6.99. The molecule has 6 nitrogen and oxygen atoms in total. The number of carbonyl (C=O) groups excluding carboxylic acids is 3. The fraction of sp³-hybridized carbons (Fsp3) is 0.250. The van der Waals surface area contributed by atoms with Gasteiger partial charge in [-0.25, -0.2) is 4.79 Å². The molecule has 0 aromatic heterocycles. The van der Waals surface area contributed by atoms with Gasteiger partial charge in [0.25, 0.3) is 0 Å². The topological polar surface area (TPSA) is 78.9 Å². The summed E-state index contributed by atoms with van der Waals surface area (Å²) in [4.78, 5) is 32.3. The van der Waals surface area contributed by atoms with Crippen LogP contribution in [-0.2, 0) is 16.0 Å². The Kier molecular flexibility index (Phi) is 12.4. The van der Waals surface area contributed by atoms with Gasteiger partial charge >= 0.3 is 11.9 Å². The molecule has 0 radical (unpaired) electrons. The SMILES string of the molecule is CC(=O)Oc1ccc(C)cc1.CCc1ccc(OC)cc1.COC(=O)c1ccc(C(C)=O)cc1. The summed E-state index contributed by atoms with van der Waals surface area (Å²) in [5.41, 5.74) is 3.54. The van der Waals surface area contributed by atoms with Crippen LogP contribution in [0.4, 0.5) is 0 Å². The van der Waals surface area contributed by atoms with Gasteiger partial charge in [-0.05, 0) is 62.2 Å². The Morgan fingerprint density at radius 3 is 1.62 bits per heavy atom. The van der Waals surface area contributed by atoms with Crippen molar-refractivity contribution in [3.8, 4) is 11.5 Å². The molecule has 0 fully saturated rings. The zero-order valence-electron chi connectivity index (χ0n) is 20.6. The first-order valence-electron chi connectivity index (χ1n) is 10.8. The van der Waals surface area contributed by atoms with Gasteiger partial charge in [0.2, 0.25) is 0 Å². The number of hydrogen-bond acceptors (Lipinski definition) is 6. The fourth-order valence-corrected chi connectivity index (χ4v) is 2.59. The molecule has 3 aromatic carbocycles. The molecular weight excluding hydrogens is 432 g/mol. The summed E-state index contributed by atoms with van der Waals surface area (Å²) in [5, 5.41) is 0. The lowest BCUT2D eigenvalue weighted by Gasteiger charge is -1.99. The predicted octanol–water partition coefficient (Wildman–Crippen LogP) is 5.85. The largest absolute Gasteiger partial charge is 0.497 e. The zero-order chi connectivity index (χ0) is 25.5. The molecule has 34 heavy (non-hydrogen) atoms. The van der Waals surface area contributed by atoms with Crippen LogP contribution in [0.5, 0.6) is 11.5 Å². The van der Waals surface area contributed by atoms with Crippen LogP contribution in [0.15, 0.2) is 72.8 Å². The van der Waals surface area contributed by atoms with Crippen molar-refractivity contribution in [3.63, 3.8) is 0 Å². The number of carbonyl (C=O) groups is 3. The second-order valence-electron chi connectivity index (χ2n) is 7.23. The van der Waals surface area contributed by atoms with Crippen molar-refractivity contribution in [3.05, 3.63) is 95.1 Å². The van der Waals surface area contributed by atoms with Crippen LogP contribution < -0.4 is 9.47 Å². The number of ether oxygens (including phenoxy) is 3. The standard InChI is InChI=1S/C10H10O3.C9H10O2.C9H12O/c1-7(11)8-3-5-9(6-4-8)10(12)13-2;1-7-3-5-9(6-4-7)11-8(2)10;1-3-8-4-6-9(10-2)7-5-8/h3-6H,1-2H3;3-6H,1-2H3;4-7H,3H2,1-2H3. The van der Waals surface area contributed by atoms with Crippen LogP contribution in [0.2, 0.25) is 0 Å². The smallest absolute Gasteiger partial charge is 0.337 e. The van der Waals surface area contributed by atoms with Crippen LogP contribution in [0.1, 0.15) is 52.6 Å². The van der Waals surface area contributed by atoms with Gasteiger partial charge < -0.3 is 14.2 Å². The quantitative estimate of drug-likeness (QED) is 0.268. The highest BCUT2D eigenvalue weighted by atomic mass is 16.5. The molecule has 0 heterocycles. The lowest BCUT2D eigenvalue weighted by atomic mass is 10.1. The first kappa shape index (κ1) is 28.1. The van der Waals surface area contributed by atoms with Crippen molar-refractivity contribution in [2.24, 2.45) is 0 Å². The van der Waals surface area contributed by atoms with E-state index in [0.717, 1.165) is 17.7 Å².